The first-order valence-corrected chi connectivity index (χ1v) is 6.28. The van der Waals surface area contributed by atoms with E-state index in [0.717, 1.165) is 0 Å². The van der Waals surface area contributed by atoms with Crippen LogP contribution in [0.4, 0.5) is 10.5 Å². The average molecular weight is 288 g/mol. The van der Waals surface area contributed by atoms with E-state index in [1.54, 1.807) is 43.6 Å². The maximum atomic E-state index is 12.0. The van der Waals surface area contributed by atoms with Gasteiger partial charge in [0.15, 0.2) is 5.54 Å². The molecule has 0 aliphatic rings. The highest BCUT2D eigenvalue weighted by molar-refractivity contribution is 5.94. The third-order valence-electron chi connectivity index (χ3n) is 3.11. The van der Waals surface area contributed by atoms with Crippen molar-refractivity contribution in [2.75, 3.05) is 5.32 Å². The molecule has 3 N–H and O–H groups in total. The van der Waals surface area contributed by atoms with Crippen molar-refractivity contribution >= 4 is 17.7 Å². The molecule has 0 fully saturated rings. The number of rotatable bonds is 4. The summed E-state index contributed by atoms with van der Waals surface area (Å²) in [5.41, 5.74) is -0.553. The van der Waals surface area contributed by atoms with Crippen molar-refractivity contribution in [3.63, 3.8) is 0 Å². The molecule has 7 nitrogen and oxygen atoms in total. The summed E-state index contributed by atoms with van der Waals surface area (Å²) in [6, 6.07) is 7.91. The van der Waals surface area contributed by atoms with Crippen LogP contribution in [-0.4, -0.2) is 26.9 Å². The van der Waals surface area contributed by atoms with Crippen LogP contribution in [0.3, 0.4) is 0 Å². The van der Waals surface area contributed by atoms with Crippen LogP contribution in [-0.2, 0) is 17.4 Å². The molecule has 110 valence electrons. The van der Waals surface area contributed by atoms with E-state index in [9.17, 15) is 14.7 Å². The molecule has 1 aromatic heterocycles. The number of aliphatic carboxylic acids is 1. The SMILES string of the molecule is Cn1cc(NC(=O)NC(C)(C(=O)O)c2ccccc2)cn1. The van der Waals surface area contributed by atoms with Gasteiger partial charge >= 0.3 is 12.0 Å². The summed E-state index contributed by atoms with van der Waals surface area (Å²) in [6.07, 6.45) is 3.08. The van der Waals surface area contributed by atoms with Crippen molar-refractivity contribution in [3.8, 4) is 0 Å². The zero-order valence-electron chi connectivity index (χ0n) is 11.7. The lowest BCUT2D eigenvalue weighted by Crippen LogP contribution is -2.51. The predicted molar refractivity (Wildman–Crippen MR) is 76.8 cm³/mol. The van der Waals surface area contributed by atoms with E-state index in [4.69, 9.17) is 0 Å². The second-order valence-electron chi connectivity index (χ2n) is 4.78. The first-order valence-electron chi connectivity index (χ1n) is 6.28. The summed E-state index contributed by atoms with van der Waals surface area (Å²) in [4.78, 5) is 23.5. The Hall–Kier alpha value is -2.83. The largest absolute Gasteiger partial charge is 0.479 e. The van der Waals surface area contributed by atoms with E-state index in [-0.39, 0.29) is 0 Å². The Morgan fingerprint density at radius 1 is 1.29 bits per heavy atom. The number of carboxylic acids is 1. The minimum absolute atomic E-state index is 0.482. The molecule has 2 amide bonds. The summed E-state index contributed by atoms with van der Waals surface area (Å²) in [7, 11) is 1.72. The standard InChI is InChI=1S/C14H16N4O3/c1-14(12(19)20,10-6-4-3-5-7-10)17-13(21)16-11-8-15-18(2)9-11/h3-9H,1-2H3,(H,19,20)(H2,16,17,21). The van der Waals surface area contributed by atoms with E-state index in [0.29, 0.717) is 11.3 Å². The number of urea groups is 1. The highest BCUT2D eigenvalue weighted by Crippen LogP contribution is 2.21. The van der Waals surface area contributed by atoms with Gasteiger partial charge in [0.25, 0.3) is 0 Å². The first kappa shape index (κ1) is 14.6. The maximum Gasteiger partial charge on any atom is 0.333 e. The lowest BCUT2D eigenvalue weighted by molar-refractivity contribution is -0.144. The van der Waals surface area contributed by atoms with Crippen molar-refractivity contribution in [1.82, 2.24) is 15.1 Å². The molecule has 0 saturated heterocycles. The summed E-state index contributed by atoms with van der Waals surface area (Å²) in [5, 5.41) is 18.4. The lowest BCUT2D eigenvalue weighted by atomic mass is 9.92. The van der Waals surface area contributed by atoms with E-state index < -0.39 is 17.5 Å². The predicted octanol–water partition coefficient (Wildman–Crippen LogP) is 1.54. The number of hydrogen-bond acceptors (Lipinski definition) is 3. The molecule has 0 saturated carbocycles. The normalized spacial score (nSPS) is 13.2. The van der Waals surface area contributed by atoms with Gasteiger partial charge in [-0.05, 0) is 12.5 Å². The molecule has 2 aromatic rings. The van der Waals surface area contributed by atoms with Gasteiger partial charge in [0.2, 0.25) is 0 Å². The minimum Gasteiger partial charge on any atom is -0.479 e. The molecule has 2 rings (SSSR count). The first-order chi connectivity index (χ1) is 9.91. The number of carboxylic acid groups (broad SMARTS) is 1. The fraction of sp³-hybridized carbons (Fsp3) is 0.214. The highest BCUT2D eigenvalue weighted by Gasteiger charge is 2.36. The molecule has 1 unspecified atom stereocenters. The molecule has 0 radical (unpaired) electrons. The summed E-state index contributed by atoms with van der Waals surface area (Å²) in [5.74, 6) is -1.14. The van der Waals surface area contributed by atoms with Crippen molar-refractivity contribution < 1.29 is 14.7 Å². The molecule has 0 bridgehead atoms. The zero-order chi connectivity index (χ0) is 15.5. The van der Waals surface area contributed by atoms with E-state index in [1.807, 2.05) is 0 Å². The molecule has 7 heteroatoms. The van der Waals surface area contributed by atoms with E-state index in [2.05, 4.69) is 15.7 Å². The van der Waals surface area contributed by atoms with Crippen LogP contribution in [0.2, 0.25) is 0 Å². The molecule has 1 atom stereocenters. The third kappa shape index (κ3) is 3.19. The molecule has 0 spiro atoms. The minimum atomic E-state index is -1.52. The Kier molecular flexibility index (Phi) is 3.93. The van der Waals surface area contributed by atoms with Gasteiger partial charge in [-0.2, -0.15) is 5.10 Å². The Morgan fingerprint density at radius 3 is 2.48 bits per heavy atom. The van der Waals surface area contributed by atoms with Crippen molar-refractivity contribution in [1.29, 1.82) is 0 Å². The van der Waals surface area contributed by atoms with Gasteiger partial charge in [-0.3, -0.25) is 4.68 Å². The van der Waals surface area contributed by atoms with Crippen molar-refractivity contribution in [2.24, 2.45) is 7.05 Å². The average Bonchev–Trinajstić information content (AvgIpc) is 2.84. The number of anilines is 1. The summed E-state index contributed by atoms with van der Waals surface area (Å²) >= 11 is 0. The van der Waals surface area contributed by atoms with Crippen LogP contribution < -0.4 is 10.6 Å². The van der Waals surface area contributed by atoms with Gasteiger partial charge < -0.3 is 15.7 Å². The van der Waals surface area contributed by atoms with Gasteiger partial charge in [0, 0.05) is 13.2 Å². The number of benzene rings is 1. The van der Waals surface area contributed by atoms with Crippen LogP contribution in [0.25, 0.3) is 0 Å². The topological polar surface area (TPSA) is 96.2 Å². The fourth-order valence-electron chi connectivity index (χ4n) is 1.90. The second kappa shape index (κ2) is 5.66. The number of amides is 2. The number of nitrogens with one attached hydrogen (secondary N) is 2. The Morgan fingerprint density at radius 2 is 1.95 bits per heavy atom. The van der Waals surface area contributed by atoms with Crippen LogP contribution in [0.5, 0.6) is 0 Å². The van der Waals surface area contributed by atoms with E-state index >= 15 is 0 Å². The molecule has 0 aliphatic heterocycles. The second-order valence-corrected chi connectivity index (χ2v) is 4.78. The molecule has 21 heavy (non-hydrogen) atoms. The van der Waals surface area contributed by atoms with Gasteiger partial charge in [0.05, 0.1) is 11.9 Å². The van der Waals surface area contributed by atoms with Crippen LogP contribution in [0.15, 0.2) is 42.7 Å². The number of hydrogen-bond donors (Lipinski definition) is 3. The molecule has 0 aliphatic carbocycles. The fourth-order valence-corrected chi connectivity index (χ4v) is 1.90. The van der Waals surface area contributed by atoms with Crippen molar-refractivity contribution in [3.05, 3.63) is 48.3 Å². The van der Waals surface area contributed by atoms with Crippen LogP contribution >= 0.6 is 0 Å². The summed E-state index contributed by atoms with van der Waals surface area (Å²) < 4.78 is 1.53. The smallest absolute Gasteiger partial charge is 0.333 e. The zero-order valence-corrected chi connectivity index (χ0v) is 11.7. The Labute approximate surface area is 121 Å². The highest BCUT2D eigenvalue weighted by atomic mass is 16.4. The van der Waals surface area contributed by atoms with Gasteiger partial charge in [-0.25, -0.2) is 9.59 Å². The number of carbonyl (C=O) groups is 2. The van der Waals surface area contributed by atoms with Crippen LogP contribution in [0, 0.1) is 0 Å². The molecular formula is C14H16N4O3. The third-order valence-corrected chi connectivity index (χ3v) is 3.11. The van der Waals surface area contributed by atoms with Crippen molar-refractivity contribution in [2.45, 2.75) is 12.5 Å². The number of aryl methyl sites for hydroxylation is 1. The van der Waals surface area contributed by atoms with Gasteiger partial charge in [-0.15, -0.1) is 0 Å². The van der Waals surface area contributed by atoms with Gasteiger partial charge in [0.1, 0.15) is 0 Å². The maximum absolute atomic E-state index is 12.0. The Balaban J connectivity index is 2.17. The number of nitrogens with zero attached hydrogens (tertiary/aromatic N) is 2. The Bertz CT molecular complexity index is 653. The monoisotopic (exact) mass is 288 g/mol. The quantitative estimate of drug-likeness (QED) is 0.795. The number of carbonyl (C=O) groups excluding carboxylic acids is 1. The molecule has 1 heterocycles. The summed E-state index contributed by atoms with van der Waals surface area (Å²) in [6.45, 7) is 1.44. The number of aromatic nitrogens is 2. The lowest BCUT2D eigenvalue weighted by Gasteiger charge is -2.26. The molecule has 1 aromatic carbocycles. The molecular weight excluding hydrogens is 272 g/mol. The van der Waals surface area contributed by atoms with E-state index in [1.165, 1.54) is 17.8 Å². The van der Waals surface area contributed by atoms with Gasteiger partial charge in [-0.1, -0.05) is 30.3 Å². The van der Waals surface area contributed by atoms with Crippen LogP contribution in [0.1, 0.15) is 12.5 Å².